The number of nitrogens with one attached hydrogen (secondary N) is 1. The van der Waals surface area contributed by atoms with Crippen LogP contribution in [0, 0.1) is 0 Å². The molecule has 0 fully saturated rings. The summed E-state index contributed by atoms with van der Waals surface area (Å²) in [4.78, 5) is 0. The predicted octanol–water partition coefficient (Wildman–Crippen LogP) is 3.27. The van der Waals surface area contributed by atoms with Gasteiger partial charge in [-0.1, -0.05) is 48.0 Å². The molecule has 0 heterocycles. The summed E-state index contributed by atoms with van der Waals surface area (Å²) in [6.45, 7) is 0. The number of rotatable bonds is 2. The van der Waals surface area contributed by atoms with E-state index in [-0.39, 0.29) is 5.54 Å². The highest BCUT2D eigenvalue weighted by molar-refractivity contribution is 6.30. The van der Waals surface area contributed by atoms with Crippen LogP contribution in [-0.2, 0) is 5.54 Å². The highest BCUT2D eigenvalue weighted by atomic mass is 35.5. The lowest BCUT2D eigenvalue weighted by molar-refractivity contribution is 0.458. The fourth-order valence-corrected chi connectivity index (χ4v) is 2.12. The van der Waals surface area contributed by atoms with Gasteiger partial charge in [0.1, 0.15) is 0 Å². The van der Waals surface area contributed by atoms with E-state index in [2.05, 4.69) is 35.7 Å². The molecular formula is C13H14ClN. The lowest BCUT2D eigenvalue weighted by Crippen LogP contribution is -2.38. The van der Waals surface area contributed by atoms with Crippen LogP contribution in [0.15, 0.2) is 48.6 Å². The molecule has 0 bridgehead atoms. The van der Waals surface area contributed by atoms with Gasteiger partial charge in [-0.25, -0.2) is 0 Å². The van der Waals surface area contributed by atoms with Crippen LogP contribution in [0.25, 0.3) is 0 Å². The maximum Gasteiger partial charge on any atom is 0.0656 e. The molecule has 1 atom stereocenters. The van der Waals surface area contributed by atoms with E-state index in [1.165, 1.54) is 5.56 Å². The van der Waals surface area contributed by atoms with E-state index < -0.39 is 0 Å². The zero-order valence-electron chi connectivity index (χ0n) is 8.70. The van der Waals surface area contributed by atoms with E-state index in [1.807, 2.05) is 25.2 Å². The third-order valence-electron chi connectivity index (χ3n) is 2.85. The minimum absolute atomic E-state index is 0.0976. The van der Waals surface area contributed by atoms with E-state index in [0.717, 1.165) is 11.4 Å². The Kier molecular flexibility index (Phi) is 2.94. The van der Waals surface area contributed by atoms with E-state index >= 15 is 0 Å². The summed E-state index contributed by atoms with van der Waals surface area (Å²) < 4.78 is 0. The van der Waals surface area contributed by atoms with Crippen molar-refractivity contribution in [3.63, 3.8) is 0 Å². The third-order valence-corrected chi connectivity index (χ3v) is 3.09. The predicted molar refractivity (Wildman–Crippen MR) is 65.1 cm³/mol. The van der Waals surface area contributed by atoms with Crippen molar-refractivity contribution in [3.8, 4) is 0 Å². The molecule has 0 aromatic heterocycles. The van der Waals surface area contributed by atoms with Crippen molar-refractivity contribution in [3.05, 3.63) is 59.2 Å². The molecule has 15 heavy (non-hydrogen) atoms. The van der Waals surface area contributed by atoms with Crippen LogP contribution in [-0.4, -0.2) is 7.05 Å². The molecular weight excluding hydrogens is 206 g/mol. The molecule has 0 amide bonds. The molecule has 0 saturated heterocycles. The van der Waals surface area contributed by atoms with Gasteiger partial charge in [0.05, 0.1) is 5.54 Å². The van der Waals surface area contributed by atoms with Crippen molar-refractivity contribution < 1.29 is 0 Å². The Morgan fingerprint density at radius 2 is 2.20 bits per heavy atom. The summed E-state index contributed by atoms with van der Waals surface area (Å²) in [6, 6.07) is 8.01. The maximum absolute atomic E-state index is 6.01. The fourth-order valence-electron chi connectivity index (χ4n) is 1.93. The van der Waals surface area contributed by atoms with Gasteiger partial charge in [-0.15, -0.1) is 0 Å². The van der Waals surface area contributed by atoms with E-state index in [9.17, 15) is 0 Å². The van der Waals surface area contributed by atoms with Crippen LogP contribution in [0.5, 0.6) is 0 Å². The topological polar surface area (TPSA) is 12.0 Å². The van der Waals surface area contributed by atoms with Gasteiger partial charge in [-0.3, -0.25) is 0 Å². The molecule has 1 aliphatic rings. The maximum atomic E-state index is 6.01. The Hall–Kier alpha value is -1.05. The second kappa shape index (κ2) is 4.21. The molecule has 1 aromatic carbocycles. The molecule has 2 heteroatoms. The number of likely N-dealkylation sites (N-methyl/N-ethyl adjacent to an activating group) is 1. The summed E-state index contributed by atoms with van der Waals surface area (Å²) >= 11 is 6.01. The average Bonchev–Trinajstić information content (AvgIpc) is 2.30. The van der Waals surface area contributed by atoms with E-state index in [4.69, 9.17) is 11.6 Å². The number of benzene rings is 1. The van der Waals surface area contributed by atoms with Crippen LogP contribution in [0.4, 0.5) is 0 Å². The van der Waals surface area contributed by atoms with Crippen molar-refractivity contribution in [1.29, 1.82) is 0 Å². The van der Waals surface area contributed by atoms with Crippen LogP contribution in [0.2, 0.25) is 5.02 Å². The van der Waals surface area contributed by atoms with Gasteiger partial charge < -0.3 is 5.32 Å². The normalized spacial score (nSPS) is 24.4. The largest absolute Gasteiger partial charge is 0.307 e. The average molecular weight is 220 g/mol. The Morgan fingerprint density at radius 3 is 2.80 bits per heavy atom. The Bertz CT molecular complexity index is 409. The van der Waals surface area contributed by atoms with Crippen molar-refractivity contribution in [2.75, 3.05) is 7.05 Å². The minimum atomic E-state index is -0.0976. The second-order valence-corrected chi connectivity index (χ2v) is 4.16. The molecule has 1 N–H and O–H groups in total. The standard InChI is InChI=1S/C13H14ClN/c1-15-13(8-3-2-4-9-13)11-6-5-7-12(14)10-11/h2-8,10,15H,9H2,1H3. The lowest BCUT2D eigenvalue weighted by Gasteiger charge is -2.31. The number of allylic oxidation sites excluding steroid dienone is 2. The first-order valence-corrected chi connectivity index (χ1v) is 5.44. The molecule has 0 aliphatic heterocycles. The summed E-state index contributed by atoms with van der Waals surface area (Å²) in [6.07, 6.45) is 9.44. The summed E-state index contributed by atoms with van der Waals surface area (Å²) in [5, 5.41) is 4.15. The minimum Gasteiger partial charge on any atom is -0.307 e. The molecule has 0 radical (unpaired) electrons. The monoisotopic (exact) mass is 219 g/mol. The molecule has 0 spiro atoms. The smallest absolute Gasteiger partial charge is 0.0656 e. The third kappa shape index (κ3) is 1.99. The Balaban J connectivity index is 2.42. The van der Waals surface area contributed by atoms with Crippen LogP contribution >= 0.6 is 11.6 Å². The fraction of sp³-hybridized carbons (Fsp3) is 0.231. The molecule has 1 nitrogen and oxygen atoms in total. The molecule has 1 aliphatic carbocycles. The van der Waals surface area contributed by atoms with Gasteiger partial charge in [0.15, 0.2) is 0 Å². The number of hydrogen-bond acceptors (Lipinski definition) is 1. The van der Waals surface area contributed by atoms with Gasteiger partial charge in [-0.2, -0.15) is 0 Å². The zero-order valence-corrected chi connectivity index (χ0v) is 9.46. The summed E-state index contributed by atoms with van der Waals surface area (Å²) in [7, 11) is 1.98. The van der Waals surface area contributed by atoms with Gasteiger partial charge >= 0.3 is 0 Å². The molecule has 1 aromatic rings. The summed E-state index contributed by atoms with van der Waals surface area (Å²) in [5.41, 5.74) is 1.11. The van der Waals surface area contributed by atoms with Gasteiger partial charge in [0, 0.05) is 5.02 Å². The lowest BCUT2D eigenvalue weighted by atomic mass is 9.84. The van der Waals surface area contributed by atoms with E-state index in [1.54, 1.807) is 0 Å². The SMILES string of the molecule is CNC1(c2cccc(Cl)c2)C=CC=CC1. The summed E-state index contributed by atoms with van der Waals surface area (Å²) in [5.74, 6) is 0. The van der Waals surface area contributed by atoms with Crippen LogP contribution in [0.3, 0.4) is 0 Å². The van der Waals surface area contributed by atoms with E-state index in [0.29, 0.717) is 0 Å². The second-order valence-electron chi connectivity index (χ2n) is 3.72. The van der Waals surface area contributed by atoms with Gasteiger partial charge in [0.25, 0.3) is 0 Å². The number of halogens is 1. The highest BCUT2D eigenvalue weighted by Gasteiger charge is 2.27. The quantitative estimate of drug-likeness (QED) is 0.805. The van der Waals surface area contributed by atoms with Crippen LogP contribution < -0.4 is 5.32 Å². The zero-order chi connectivity index (χ0) is 10.7. The first-order chi connectivity index (χ1) is 7.27. The van der Waals surface area contributed by atoms with Crippen molar-refractivity contribution in [2.24, 2.45) is 0 Å². The molecule has 0 saturated carbocycles. The van der Waals surface area contributed by atoms with Gasteiger partial charge in [0.2, 0.25) is 0 Å². The van der Waals surface area contributed by atoms with Crippen LogP contribution in [0.1, 0.15) is 12.0 Å². The molecule has 2 rings (SSSR count). The van der Waals surface area contributed by atoms with Crippen molar-refractivity contribution in [1.82, 2.24) is 5.32 Å². The highest BCUT2D eigenvalue weighted by Crippen LogP contribution is 2.30. The first-order valence-electron chi connectivity index (χ1n) is 5.06. The molecule has 1 unspecified atom stereocenters. The van der Waals surface area contributed by atoms with Crippen molar-refractivity contribution in [2.45, 2.75) is 12.0 Å². The van der Waals surface area contributed by atoms with Crippen molar-refractivity contribution >= 4 is 11.6 Å². The Labute approximate surface area is 95.5 Å². The van der Waals surface area contributed by atoms with Gasteiger partial charge in [-0.05, 0) is 31.2 Å². The molecule has 78 valence electrons. The Morgan fingerprint density at radius 1 is 1.33 bits per heavy atom. The number of hydrogen-bond donors (Lipinski definition) is 1. The first kappa shape index (κ1) is 10.5.